The van der Waals surface area contributed by atoms with Gasteiger partial charge in [-0.1, -0.05) is 29.8 Å². The SMILES string of the molecule is COc1ccc(-c2cc(C(=O)OCC(=O)Nc3ccc(Cl)c(C(F)(F)F)c3)c3ccccc3n2)cc1. The Hall–Kier alpha value is -4.11. The van der Waals surface area contributed by atoms with Gasteiger partial charge in [0.05, 0.1) is 34.5 Å². The van der Waals surface area contributed by atoms with E-state index in [1.165, 1.54) is 6.07 Å². The fourth-order valence-electron chi connectivity index (χ4n) is 3.48. The number of pyridine rings is 1. The maximum atomic E-state index is 13.1. The van der Waals surface area contributed by atoms with Gasteiger partial charge in [-0.15, -0.1) is 0 Å². The van der Waals surface area contributed by atoms with Gasteiger partial charge < -0.3 is 14.8 Å². The molecule has 0 aliphatic carbocycles. The average Bonchev–Trinajstić information content (AvgIpc) is 2.87. The average molecular weight is 515 g/mol. The molecule has 0 aliphatic heterocycles. The van der Waals surface area contributed by atoms with E-state index in [0.29, 0.717) is 28.4 Å². The number of aromatic nitrogens is 1. The third-order valence-electron chi connectivity index (χ3n) is 5.21. The van der Waals surface area contributed by atoms with Crippen LogP contribution in [0.1, 0.15) is 15.9 Å². The number of carbonyl (C=O) groups is 2. The zero-order chi connectivity index (χ0) is 25.9. The number of amides is 1. The zero-order valence-electron chi connectivity index (χ0n) is 18.7. The molecule has 0 saturated carbocycles. The van der Waals surface area contributed by atoms with Crippen LogP contribution in [0.4, 0.5) is 18.9 Å². The largest absolute Gasteiger partial charge is 0.497 e. The van der Waals surface area contributed by atoms with Crippen molar-refractivity contribution in [2.24, 2.45) is 0 Å². The quantitative estimate of drug-likeness (QED) is 0.302. The standard InChI is InChI=1S/C26H18ClF3N2O4/c1-35-17-9-6-15(7-10-17)23-13-19(18-4-2-3-5-22(18)32-23)25(34)36-14-24(33)31-16-8-11-21(27)20(12-16)26(28,29)30/h2-13H,14H2,1H3,(H,31,33). The van der Waals surface area contributed by atoms with Crippen LogP contribution in [-0.4, -0.2) is 30.6 Å². The van der Waals surface area contributed by atoms with Gasteiger partial charge >= 0.3 is 12.1 Å². The normalized spacial score (nSPS) is 11.2. The number of ether oxygens (including phenoxy) is 2. The molecule has 3 aromatic carbocycles. The van der Waals surface area contributed by atoms with Gasteiger partial charge in [-0.05, 0) is 54.6 Å². The van der Waals surface area contributed by atoms with Gasteiger partial charge in [-0.25, -0.2) is 9.78 Å². The van der Waals surface area contributed by atoms with E-state index in [4.69, 9.17) is 21.1 Å². The lowest BCUT2D eigenvalue weighted by atomic mass is 10.0. The smallest absolute Gasteiger partial charge is 0.417 e. The van der Waals surface area contributed by atoms with Crippen LogP contribution in [-0.2, 0) is 15.7 Å². The Morgan fingerprint density at radius 3 is 2.42 bits per heavy atom. The predicted molar refractivity (Wildman–Crippen MR) is 129 cm³/mol. The second-order valence-electron chi connectivity index (χ2n) is 7.62. The van der Waals surface area contributed by atoms with Crippen LogP contribution in [0.3, 0.4) is 0 Å². The molecule has 4 rings (SSSR count). The zero-order valence-corrected chi connectivity index (χ0v) is 19.5. The number of fused-ring (bicyclic) bond motifs is 1. The molecule has 0 fully saturated rings. The first-order valence-electron chi connectivity index (χ1n) is 10.5. The third-order valence-corrected chi connectivity index (χ3v) is 5.54. The van der Waals surface area contributed by atoms with Crippen LogP contribution < -0.4 is 10.1 Å². The van der Waals surface area contributed by atoms with E-state index in [0.717, 1.165) is 11.6 Å². The van der Waals surface area contributed by atoms with Crippen molar-refractivity contribution in [3.05, 3.63) is 88.9 Å². The molecule has 0 spiro atoms. The summed E-state index contributed by atoms with van der Waals surface area (Å²) in [6.07, 6.45) is -4.69. The summed E-state index contributed by atoms with van der Waals surface area (Å²) in [5.41, 5.74) is 0.746. The molecule has 1 amide bonds. The maximum absolute atomic E-state index is 13.1. The van der Waals surface area contributed by atoms with Gasteiger partial charge in [-0.2, -0.15) is 13.2 Å². The van der Waals surface area contributed by atoms with Crippen molar-refractivity contribution in [1.29, 1.82) is 0 Å². The molecule has 10 heteroatoms. The second kappa shape index (κ2) is 10.2. The number of rotatable bonds is 6. The van der Waals surface area contributed by atoms with Gasteiger partial charge in [0.25, 0.3) is 5.91 Å². The first-order valence-corrected chi connectivity index (χ1v) is 10.9. The highest BCUT2D eigenvalue weighted by Crippen LogP contribution is 2.36. The molecular weight excluding hydrogens is 497 g/mol. The summed E-state index contributed by atoms with van der Waals surface area (Å²) in [5.74, 6) is -0.939. The van der Waals surface area contributed by atoms with Crippen molar-refractivity contribution in [3.63, 3.8) is 0 Å². The number of esters is 1. The number of alkyl halides is 3. The monoisotopic (exact) mass is 514 g/mol. The van der Waals surface area contributed by atoms with Crippen LogP contribution >= 0.6 is 11.6 Å². The van der Waals surface area contributed by atoms with Crippen molar-refractivity contribution in [3.8, 4) is 17.0 Å². The molecule has 0 atom stereocenters. The number of anilines is 1. The molecule has 1 aromatic heterocycles. The highest BCUT2D eigenvalue weighted by molar-refractivity contribution is 6.31. The van der Waals surface area contributed by atoms with Crippen molar-refractivity contribution in [1.82, 2.24) is 4.98 Å². The fraction of sp³-hybridized carbons (Fsp3) is 0.115. The third kappa shape index (κ3) is 5.58. The number of hydrogen-bond donors (Lipinski definition) is 1. The van der Waals surface area contributed by atoms with Gasteiger partial charge in [0.2, 0.25) is 0 Å². The van der Waals surface area contributed by atoms with E-state index in [1.807, 2.05) is 0 Å². The maximum Gasteiger partial charge on any atom is 0.417 e. The van der Waals surface area contributed by atoms with E-state index >= 15 is 0 Å². The van der Waals surface area contributed by atoms with E-state index in [2.05, 4.69) is 10.3 Å². The molecule has 0 bridgehead atoms. The Morgan fingerprint density at radius 2 is 1.72 bits per heavy atom. The summed E-state index contributed by atoms with van der Waals surface area (Å²) in [6.45, 7) is -0.711. The Balaban J connectivity index is 1.53. The summed E-state index contributed by atoms with van der Waals surface area (Å²) in [4.78, 5) is 29.8. The van der Waals surface area contributed by atoms with Gasteiger partial charge in [0, 0.05) is 16.6 Å². The molecular formula is C26H18ClF3N2O4. The number of halogens is 4. The van der Waals surface area contributed by atoms with Crippen LogP contribution in [0, 0.1) is 0 Å². The first-order chi connectivity index (χ1) is 17.2. The van der Waals surface area contributed by atoms with E-state index in [9.17, 15) is 22.8 Å². The Morgan fingerprint density at radius 1 is 1.00 bits per heavy atom. The number of para-hydroxylation sites is 1. The summed E-state index contributed by atoms with van der Waals surface area (Å²) in [7, 11) is 1.55. The molecule has 0 unspecified atom stereocenters. The van der Waals surface area contributed by atoms with Gasteiger partial charge in [0.15, 0.2) is 6.61 Å². The minimum absolute atomic E-state index is 0.135. The summed E-state index contributed by atoms with van der Waals surface area (Å²) >= 11 is 5.59. The summed E-state index contributed by atoms with van der Waals surface area (Å²) in [6, 6.07) is 18.6. The van der Waals surface area contributed by atoms with Crippen LogP contribution in [0.5, 0.6) is 5.75 Å². The Bertz CT molecular complexity index is 1440. The molecule has 0 aliphatic rings. The van der Waals surface area contributed by atoms with Gasteiger partial charge in [0.1, 0.15) is 5.75 Å². The summed E-state index contributed by atoms with van der Waals surface area (Å²) < 4.78 is 49.5. The molecule has 1 heterocycles. The van der Waals surface area contributed by atoms with E-state index in [-0.39, 0.29) is 11.3 Å². The first kappa shape index (κ1) is 25.0. The number of carbonyl (C=O) groups excluding carboxylic acids is 2. The lowest BCUT2D eigenvalue weighted by molar-refractivity contribution is -0.137. The molecule has 0 saturated heterocycles. The number of methoxy groups -OCH3 is 1. The minimum Gasteiger partial charge on any atom is -0.497 e. The Kier molecular flexibility index (Phi) is 7.12. The lowest BCUT2D eigenvalue weighted by Crippen LogP contribution is -2.21. The molecule has 184 valence electrons. The second-order valence-corrected chi connectivity index (χ2v) is 8.02. The predicted octanol–water partition coefficient (Wildman–Crippen LogP) is 6.38. The summed E-state index contributed by atoms with van der Waals surface area (Å²) in [5, 5.41) is 2.30. The fourth-order valence-corrected chi connectivity index (χ4v) is 3.70. The van der Waals surface area contributed by atoms with Crippen molar-refractivity contribution in [2.45, 2.75) is 6.18 Å². The van der Waals surface area contributed by atoms with Crippen molar-refractivity contribution >= 4 is 40.1 Å². The van der Waals surface area contributed by atoms with Gasteiger partial charge in [-0.3, -0.25) is 4.79 Å². The molecule has 36 heavy (non-hydrogen) atoms. The highest BCUT2D eigenvalue weighted by atomic mass is 35.5. The molecule has 4 aromatic rings. The number of hydrogen-bond acceptors (Lipinski definition) is 5. The van der Waals surface area contributed by atoms with Crippen LogP contribution in [0.2, 0.25) is 5.02 Å². The Labute approximate surface area is 208 Å². The lowest BCUT2D eigenvalue weighted by Gasteiger charge is -2.12. The highest BCUT2D eigenvalue weighted by Gasteiger charge is 2.33. The molecule has 1 N–H and O–H groups in total. The number of benzene rings is 3. The number of nitrogens with zero attached hydrogens (tertiary/aromatic N) is 1. The van der Waals surface area contributed by atoms with Crippen LogP contribution in [0.15, 0.2) is 72.8 Å². The van der Waals surface area contributed by atoms with E-state index in [1.54, 1.807) is 61.7 Å². The van der Waals surface area contributed by atoms with Crippen molar-refractivity contribution < 1.29 is 32.2 Å². The topological polar surface area (TPSA) is 77.5 Å². The minimum atomic E-state index is -4.69. The molecule has 6 nitrogen and oxygen atoms in total. The molecule has 0 radical (unpaired) electrons. The number of nitrogens with one attached hydrogen (secondary N) is 1. The van der Waals surface area contributed by atoms with E-state index < -0.39 is 35.2 Å². The van der Waals surface area contributed by atoms with Crippen LogP contribution in [0.25, 0.3) is 22.2 Å². The van der Waals surface area contributed by atoms with Crippen molar-refractivity contribution in [2.75, 3.05) is 19.0 Å².